The summed E-state index contributed by atoms with van der Waals surface area (Å²) in [5.41, 5.74) is 3.00. The van der Waals surface area contributed by atoms with Crippen LogP contribution < -0.4 is 5.32 Å². The summed E-state index contributed by atoms with van der Waals surface area (Å²) in [6.45, 7) is 9.18. The maximum absolute atomic E-state index is 12.8. The molecule has 3 heteroatoms. The van der Waals surface area contributed by atoms with Gasteiger partial charge in [-0.15, -0.1) is 0 Å². The Labute approximate surface area is 128 Å². The summed E-state index contributed by atoms with van der Waals surface area (Å²) in [5, 5.41) is 3.40. The lowest BCUT2D eigenvalue weighted by molar-refractivity contribution is 0.0761. The van der Waals surface area contributed by atoms with Crippen molar-refractivity contribution >= 4 is 11.6 Å². The fourth-order valence-electron chi connectivity index (χ4n) is 2.89. The molecule has 1 atom stereocenters. The van der Waals surface area contributed by atoms with Crippen molar-refractivity contribution in [2.24, 2.45) is 5.92 Å². The third-order valence-electron chi connectivity index (χ3n) is 4.27. The zero-order valence-electron chi connectivity index (χ0n) is 13.6. The van der Waals surface area contributed by atoms with Crippen molar-refractivity contribution in [3.8, 4) is 0 Å². The van der Waals surface area contributed by atoms with Crippen LogP contribution in [-0.2, 0) is 0 Å². The smallest absolute Gasteiger partial charge is 0.255 e. The maximum atomic E-state index is 12.8. The number of nitrogens with zero attached hydrogens (tertiary/aromatic N) is 1. The van der Waals surface area contributed by atoms with E-state index in [4.69, 9.17) is 0 Å². The van der Waals surface area contributed by atoms with E-state index in [0.717, 1.165) is 56.1 Å². The monoisotopic (exact) mass is 288 g/mol. The lowest BCUT2D eigenvalue weighted by Crippen LogP contribution is -2.32. The molecule has 1 N–H and O–H groups in total. The number of anilines is 1. The number of amides is 1. The quantitative estimate of drug-likeness (QED) is 0.905. The van der Waals surface area contributed by atoms with Gasteiger partial charge in [0, 0.05) is 25.3 Å². The zero-order valence-corrected chi connectivity index (χ0v) is 13.6. The highest BCUT2D eigenvalue weighted by molar-refractivity contribution is 5.99. The highest BCUT2D eigenvalue weighted by atomic mass is 16.2. The van der Waals surface area contributed by atoms with Crippen LogP contribution in [-0.4, -0.2) is 30.4 Å². The van der Waals surface area contributed by atoms with Gasteiger partial charge in [-0.05, 0) is 56.2 Å². The van der Waals surface area contributed by atoms with Crippen LogP contribution in [0.1, 0.15) is 55.5 Å². The van der Waals surface area contributed by atoms with E-state index >= 15 is 0 Å². The molecular weight excluding hydrogens is 260 g/mol. The molecule has 1 heterocycles. The van der Waals surface area contributed by atoms with Gasteiger partial charge in [-0.2, -0.15) is 0 Å². The van der Waals surface area contributed by atoms with E-state index in [-0.39, 0.29) is 5.91 Å². The first-order valence-electron chi connectivity index (χ1n) is 8.25. The molecule has 0 radical (unpaired) electrons. The molecule has 1 amide bonds. The van der Waals surface area contributed by atoms with Gasteiger partial charge in [-0.1, -0.05) is 19.9 Å². The molecule has 1 saturated heterocycles. The molecule has 0 spiro atoms. The van der Waals surface area contributed by atoms with Gasteiger partial charge in [0.2, 0.25) is 0 Å². The molecule has 1 aliphatic rings. The van der Waals surface area contributed by atoms with Crippen molar-refractivity contribution in [2.45, 2.75) is 46.5 Å². The lowest BCUT2D eigenvalue weighted by atomic mass is 10.0. The van der Waals surface area contributed by atoms with E-state index < -0.39 is 0 Å². The van der Waals surface area contributed by atoms with Crippen molar-refractivity contribution in [2.75, 3.05) is 25.0 Å². The maximum Gasteiger partial charge on any atom is 0.255 e. The van der Waals surface area contributed by atoms with E-state index in [0.29, 0.717) is 0 Å². The topological polar surface area (TPSA) is 32.3 Å². The molecule has 116 valence electrons. The molecule has 1 unspecified atom stereocenters. The fraction of sp³-hybridized carbons (Fsp3) is 0.611. The number of likely N-dealkylation sites (tertiary alicyclic amines) is 1. The van der Waals surface area contributed by atoms with Gasteiger partial charge in [0.1, 0.15) is 0 Å². The highest BCUT2D eigenvalue weighted by Crippen LogP contribution is 2.23. The van der Waals surface area contributed by atoms with Crippen LogP contribution in [0.15, 0.2) is 18.2 Å². The molecule has 0 saturated carbocycles. The number of carbonyl (C=O) groups excluding carboxylic acids is 1. The SMILES string of the molecule is CCCNc1cc(C)ccc1C(=O)N1CCCC(C)CC1. The Bertz CT molecular complexity index is 484. The van der Waals surface area contributed by atoms with E-state index in [1.54, 1.807) is 0 Å². The van der Waals surface area contributed by atoms with Crippen LogP contribution in [0.5, 0.6) is 0 Å². The molecule has 1 aromatic carbocycles. The number of carbonyl (C=O) groups is 1. The minimum Gasteiger partial charge on any atom is -0.384 e. The van der Waals surface area contributed by atoms with Crippen LogP contribution in [0, 0.1) is 12.8 Å². The van der Waals surface area contributed by atoms with Crippen LogP contribution in [0.25, 0.3) is 0 Å². The van der Waals surface area contributed by atoms with Gasteiger partial charge >= 0.3 is 0 Å². The first-order valence-corrected chi connectivity index (χ1v) is 8.25. The van der Waals surface area contributed by atoms with Gasteiger partial charge in [-0.3, -0.25) is 4.79 Å². The summed E-state index contributed by atoms with van der Waals surface area (Å²) in [5.74, 6) is 0.918. The first kappa shape index (κ1) is 15.9. The number of aryl methyl sites for hydroxylation is 1. The lowest BCUT2D eigenvalue weighted by Gasteiger charge is -2.22. The predicted molar refractivity (Wildman–Crippen MR) is 88.9 cm³/mol. The van der Waals surface area contributed by atoms with Crippen LogP contribution in [0.2, 0.25) is 0 Å². The Balaban J connectivity index is 2.17. The minimum absolute atomic E-state index is 0.183. The highest BCUT2D eigenvalue weighted by Gasteiger charge is 2.21. The van der Waals surface area contributed by atoms with E-state index in [1.165, 1.54) is 12.0 Å². The normalized spacial score (nSPS) is 19.2. The molecule has 3 nitrogen and oxygen atoms in total. The largest absolute Gasteiger partial charge is 0.384 e. The second-order valence-electron chi connectivity index (χ2n) is 6.30. The molecule has 2 rings (SSSR count). The number of hydrogen-bond donors (Lipinski definition) is 1. The van der Waals surface area contributed by atoms with Gasteiger partial charge in [-0.25, -0.2) is 0 Å². The molecule has 0 aromatic heterocycles. The molecule has 1 aromatic rings. The standard InChI is InChI=1S/C18H28N2O/c1-4-10-19-17-13-15(3)7-8-16(17)18(21)20-11-5-6-14(2)9-12-20/h7-8,13-14,19H,4-6,9-12H2,1-3H3. The molecule has 0 bridgehead atoms. The van der Waals surface area contributed by atoms with E-state index in [9.17, 15) is 4.79 Å². The number of hydrogen-bond acceptors (Lipinski definition) is 2. The summed E-state index contributed by atoms with van der Waals surface area (Å²) in [6.07, 6.45) is 4.53. The first-order chi connectivity index (χ1) is 10.1. The van der Waals surface area contributed by atoms with E-state index in [1.807, 2.05) is 17.0 Å². The molecule has 1 aliphatic heterocycles. The fourth-order valence-corrected chi connectivity index (χ4v) is 2.89. The summed E-state index contributed by atoms with van der Waals surface area (Å²) in [6, 6.07) is 6.10. The van der Waals surface area contributed by atoms with Gasteiger partial charge < -0.3 is 10.2 Å². The summed E-state index contributed by atoms with van der Waals surface area (Å²) < 4.78 is 0. The number of benzene rings is 1. The van der Waals surface area contributed by atoms with Crippen molar-refractivity contribution in [1.29, 1.82) is 0 Å². The second-order valence-corrected chi connectivity index (χ2v) is 6.30. The Kier molecular flexibility index (Phi) is 5.66. The zero-order chi connectivity index (χ0) is 15.2. The van der Waals surface area contributed by atoms with Crippen molar-refractivity contribution in [3.05, 3.63) is 29.3 Å². The van der Waals surface area contributed by atoms with Gasteiger partial charge in [0.25, 0.3) is 5.91 Å². The Morgan fingerprint density at radius 3 is 2.90 bits per heavy atom. The summed E-state index contributed by atoms with van der Waals surface area (Å²) >= 11 is 0. The minimum atomic E-state index is 0.183. The number of nitrogens with one attached hydrogen (secondary N) is 1. The van der Waals surface area contributed by atoms with Gasteiger partial charge in [0.15, 0.2) is 0 Å². The predicted octanol–water partition coefficient (Wildman–Crippen LogP) is 4.08. The third kappa shape index (κ3) is 4.23. The van der Waals surface area contributed by atoms with Gasteiger partial charge in [0.05, 0.1) is 5.56 Å². The van der Waals surface area contributed by atoms with Crippen molar-refractivity contribution in [1.82, 2.24) is 4.90 Å². The molecule has 21 heavy (non-hydrogen) atoms. The van der Waals surface area contributed by atoms with E-state index in [2.05, 4.69) is 32.2 Å². The summed E-state index contributed by atoms with van der Waals surface area (Å²) in [7, 11) is 0. The Morgan fingerprint density at radius 2 is 2.14 bits per heavy atom. The molecule has 0 aliphatic carbocycles. The average Bonchev–Trinajstić information content (AvgIpc) is 2.69. The van der Waals surface area contributed by atoms with Crippen molar-refractivity contribution in [3.63, 3.8) is 0 Å². The van der Waals surface area contributed by atoms with Crippen LogP contribution in [0.4, 0.5) is 5.69 Å². The summed E-state index contributed by atoms with van der Waals surface area (Å²) in [4.78, 5) is 14.9. The Morgan fingerprint density at radius 1 is 1.33 bits per heavy atom. The number of rotatable bonds is 4. The Hall–Kier alpha value is -1.51. The third-order valence-corrected chi connectivity index (χ3v) is 4.27. The average molecular weight is 288 g/mol. The molecular formula is C18H28N2O. The second kappa shape index (κ2) is 7.48. The van der Waals surface area contributed by atoms with Crippen LogP contribution >= 0.6 is 0 Å². The van der Waals surface area contributed by atoms with Crippen molar-refractivity contribution < 1.29 is 4.79 Å². The molecule has 1 fully saturated rings. The van der Waals surface area contributed by atoms with Crippen LogP contribution in [0.3, 0.4) is 0 Å².